The van der Waals surface area contributed by atoms with Crippen molar-refractivity contribution in [3.63, 3.8) is 0 Å². The number of carbonyl (C=O) groups excluding carboxylic acids is 1. The Balaban J connectivity index is 0.00000363. The highest BCUT2D eigenvalue weighted by atomic mass is 127. The minimum Gasteiger partial charge on any atom is -0.492 e. The van der Waals surface area contributed by atoms with Crippen molar-refractivity contribution in [3.05, 3.63) is 29.8 Å². The number of ether oxygens (including phenoxy) is 3. The number of aliphatic imine (C=N–C) groups is 1. The molecule has 2 aliphatic heterocycles. The van der Waals surface area contributed by atoms with E-state index in [1.54, 1.807) is 7.05 Å². The van der Waals surface area contributed by atoms with Crippen molar-refractivity contribution >= 4 is 35.9 Å². The van der Waals surface area contributed by atoms with Gasteiger partial charge in [-0.25, -0.2) is 0 Å². The maximum atomic E-state index is 11.9. The molecule has 1 aromatic carbocycles. The van der Waals surface area contributed by atoms with Gasteiger partial charge in [-0.2, -0.15) is 0 Å². The molecule has 1 N–H and O–H groups in total. The van der Waals surface area contributed by atoms with E-state index in [2.05, 4.69) is 32.2 Å². The van der Waals surface area contributed by atoms with Crippen LogP contribution in [0, 0.1) is 5.92 Å². The Labute approximate surface area is 208 Å². The lowest BCUT2D eigenvalue weighted by atomic mass is 9.97. The molecule has 0 radical (unpaired) electrons. The normalized spacial score (nSPS) is 18.1. The fourth-order valence-corrected chi connectivity index (χ4v) is 3.96. The number of likely N-dealkylation sites (tertiary alicyclic amines) is 1. The first kappa shape index (κ1) is 26.7. The van der Waals surface area contributed by atoms with Crippen LogP contribution in [0.15, 0.2) is 29.3 Å². The van der Waals surface area contributed by atoms with E-state index in [9.17, 15) is 4.79 Å². The van der Waals surface area contributed by atoms with E-state index in [-0.39, 0.29) is 35.9 Å². The number of hydrogen-bond donors (Lipinski definition) is 1. The highest BCUT2D eigenvalue weighted by molar-refractivity contribution is 14.0. The molecule has 0 saturated carbocycles. The molecule has 2 fully saturated rings. The van der Waals surface area contributed by atoms with Crippen LogP contribution in [0.3, 0.4) is 0 Å². The average Bonchev–Trinajstić information content (AvgIpc) is 2.81. The largest absolute Gasteiger partial charge is 0.492 e. The molecule has 0 aromatic heterocycles. The molecule has 0 bridgehead atoms. The van der Waals surface area contributed by atoms with Crippen LogP contribution < -0.4 is 10.1 Å². The van der Waals surface area contributed by atoms with Crippen molar-refractivity contribution in [2.24, 2.45) is 10.9 Å². The number of nitrogens with one attached hydrogen (secondary N) is 1. The van der Waals surface area contributed by atoms with Gasteiger partial charge in [0.2, 0.25) is 0 Å². The molecular formula is C23H37IN4O4. The first-order chi connectivity index (χ1) is 15.2. The van der Waals surface area contributed by atoms with Crippen LogP contribution in [0.25, 0.3) is 0 Å². The first-order valence-electron chi connectivity index (χ1n) is 11.3. The molecule has 3 rings (SSSR count). The molecule has 2 saturated heterocycles. The Kier molecular flexibility index (Phi) is 12.1. The lowest BCUT2D eigenvalue weighted by Crippen LogP contribution is -2.46. The van der Waals surface area contributed by atoms with Crippen LogP contribution in [0.1, 0.15) is 25.3 Å². The van der Waals surface area contributed by atoms with Gasteiger partial charge in [0.15, 0.2) is 5.96 Å². The van der Waals surface area contributed by atoms with E-state index in [0.717, 1.165) is 76.1 Å². The lowest BCUT2D eigenvalue weighted by Gasteiger charge is -2.33. The summed E-state index contributed by atoms with van der Waals surface area (Å²) in [7, 11) is 1.80. The molecular weight excluding hydrogens is 523 g/mol. The minimum absolute atomic E-state index is 0. The fourth-order valence-electron chi connectivity index (χ4n) is 3.96. The molecule has 32 heavy (non-hydrogen) atoms. The second-order valence-electron chi connectivity index (χ2n) is 7.86. The van der Waals surface area contributed by atoms with Crippen molar-refractivity contribution < 1.29 is 19.0 Å². The predicted octanol–water partition coefficient (Wildman–Crippen LogP) is 2.37. The number of esters is 1. The number of guanidine groups is 1. The molecule has 0 spiro atoms. The van der Waals surface area contributed by atoms with Crippen molar-refractivity contribution in [3.8, 4) is 5.75 Å². The maximum Gasteiger partial charge on any atom is 0.309 e. The number of morpholine rings is 1. The van der Waals surface area contributed by atoms with Crippen LogP contribution in [-0.4, -0.2) is 87.9 Å². The highest BCUT2D eigenvalue weighted by Crippen LogP contribution is 2.19. The zero-order valence-corrected chi connectivity index (χ0v) is 21.6. The molecule has 180 valence electrons. The summed E-state index contributed by atoms with van der Waals surface area (Å²) in [5.74, 6) is 1.68. The lowest BCUT2D eigenvalue weighted by molar-refractivity contribution is -0.149. The third kappa shape index (κ3) is 8.40. The number of piperidine rings is 1. The first-order valence-corrected chi connectivity index (χ1v) is 11.3. The van der Waals surface area contributed by atoms with Gasteiger partial charge in [-0.1, -0.05) is 12.1 Å². The van der Waals surface area contributed by atoms with Gasteiger partial charge in [-0.05, 0) is 37.5 Å². The fraction of sp³-hybridized carbons (Fsp3) is 0.652. The van der Waals surface area contributed by atoms with Crippen LogP contribution in [-0.2, 0) is 20.8 Å². The maximum absolute atomic E-state index is 11.9. The summed E-state index contributed by atoms with van der Waals surface area (Å²) in [6.45, 7) is 9.72. The predicted molar refractivity (Wildman–Crippen MR) is 136 cm³/mol. The van der Waals surface area contributed by atoms with Crippen LogP contribution >= 0.6 is 24.0 Å². The molecule has 2 aliphatic rings. The highest BCUT2D eigenvalue weighted by Gasteiger charge is 2.27. The van der Waals surface area contributed by atoms with Crippen LogP contribution in [0.2, 0.25) is 0 Å². The molecule has 0 aliphatic carbocycles. The molecule has 9 heteroatoms. The molecule has 0 amide bonds. The summed E-state index contributed by atoms with van der Waals surface area (Å²) in [5, 5.41) is 3.44. The van der Waals surface area contributed by atoms with Gasteiger partial charge in [-0.3, -0.25) is 14.7 Å². The van der Waals surface area contributed by atoms with E-state index in [1.165, 1.54) is 0 Å². The molecule has 8 nitrogen and oxygen atoms in total. The third-order valence-corrected chi connectivity index (χ3v) is 5.76. The summed E-state index contributed by atoms with van der Waals surface area (Å²) in [4.78, 5) is 20.9. The number of benzene rings is 1. The Morgan fingerprint density at radius 3 is 2.66 bits per heavy atom. The van der Waals surface area contributed by atoms with E-state index in [1.807, 2.05) is 19.1 Å². The summed E-state index contributed by atoms with van der Waals surface area (Å²) < 4.78 is 16.5. The quantitative estimate of drug-likeness (QED) is 0.227. The van der Waals surface area contributed by atoms with Crippen molar-refractivity contribution in [1.29, 1.82) is 0 Å². The van der Waals surface area contributed by atoms with Crippen LogP contribution in [0.5, 0.6) is 5.75 Å². The van der Waals surface area contributed by atoms with E-state index in [0.29, 0.717) is 19.8 Å². The number of hydrogen-bond acceptors (Lipinski definition) is 6. The third-order valence-electron chi connectivity index (χ3n) is 5.76. The number of rotatable bonds is 8. The second kappa shape index (κ2) is 14.5. The van der Waals surface area contributed by atoms with Crippen molar-refractivity contribution in [1.82, 2.24) is 15.1 Å². The van der Waals surface area contributed by atoms with E-state index in [4.69, 9.17) is 14.2 Å². The zero-order chi connectivity index (χ0) is 21.9. The average molecular weight is 560 g/mol. The van der Waals surface area contributed by atoms with E-state index < -0.39 is 0 Å². The number of halogens is 1. The van der Waals surface area contributed by atoms with E-state index >= 15 is 0 Å². The summed E-state index contributed by atoms with van der Waals surface area (Å²) >= 11 is 0. The zero-order valence-electron chi connectivity index (χ0n) is 19.3. The molecule has 1 aromatic rings. The van der Waals surface area contributed by atoms with Gasteiger partial charge < -0.3 is 24.4 Å². The summed E-state index contributed by atoms with van der Waals surface area (Å²) in [5.41, 5.74) is 1.14. The molecule has 2 heterocycles. The molecule has 0 unspecified atom stereocenters. The standard InChI is InChI=1S/C23H36N4O4.HI/c1-3-30-22(28)20-7-9-27(10-8-20)23(24-2)25-18-19-5-4-6-21(17-19)31-16-13-26-11-14-29-15-12-26;/h4-6,17,20H,3,7-16,18H2,1-2H3,(H,24,25);1H. The van der Waals surface area contributed by atoms with Gasteiger partial charge in [0, 0.05) is 46.3 Å². The minimum atomic E-state index is -0.0736. The molecule has 0 atom stereocenters. The van der Waals surface area contributed by atoms with Gasteiger partial charge in [-0.15, -0.1) is 24.0 Å². The van der Waals surface area contributed by atoms with Gasteiger partial charge in [0.25, 0.3) is 0 Å². The smallest absolute Gasteiger partial charge is 0.309 e. The number of nitrogens with zero attached hydrogens (tertiary/aromatic N) is 3. The Hall–Kier alpha value is -1.59. The van der Waals surface area contributed by atoms with Crippen LogP contribution in [0.4, 0.5) is 0 Å². The SMILES string of the molecule is CCOC(=O)C1CCN(C(=NC)NCc2cccc(OCCN3CCOCC3)c2)CC1.I. The van der Waals surface area contributed by atoms with Gasteiger partial charge >= 0.3 is 5.97 Å². The second-order valence-corrected chi connectivity index (χ2v) is 7.86. The Morgan fingerprint density at radius 2 is 1.97 bits per heavy atom. The van der Waals surface area contributed by atoms with Gasteiger partial charge in [0.05, 0.1) is 25.7 Å². The van der Waals surface area contributed by atoms with Gasteiger partial charge in [0.1, 0.15) is 12.4 Å². The Morgan fingerprint density at radius 1 is 1.22 bits per heavy atom. The Bertz CT molecular complexity index is 720. The van der Waals surface area contributed by atoms with Crippen molar-refractivity contribution in [2.45, 2.75) is 26.3 Å². The topological polar surface area (TPSA) is 75.6 Å². The van der Waals surface area contributed by atoms with Crippen molar-refractivity contribution in [2.75, 3.05) is 66.2 Å². The summed E-state index contributed by atoms with van der Waals surface area (Å²) in [6.07, 6.45) is 1.60. The monoisotopic (exact) mass is 560 g/mol. The summed E-state index contributed by atoms with van der Waals surface area (Å²) in [6, 6.07) is 8.18. The number of carbonyl (C=O) groups is 1.